The summed E-state index contributed by atoms with van der Waals surface area (Å²) < 4.78 is 11.8. The third-order valence-corrected chi connectivity index (χ3v) is 6.73. The molecule has 0 unspecified atom stereocenters. The summed E-state index contributed by atoms with van der Waals surface area (Å²) in [6, 6.07) is 9.01. The Kier molecular flexibility index (Phi) is 5.00. The SMILES string of the molecule is Cc1ccc(CN2CCC3(CC2)C[C@@H](N(C)Cc2ccco2)CO3)s1. The second kappa shape index (κ2) is 7.23. The van der Waals surface area contributed by atoms with Crippen molar-refractivity contribution in [2.75, 3.05) is 26.7 Å². The van der Waals surface area contributed by atoms with E-state index >= 15 is 0 Å². The van der Waals surface area contributed by atoms with Crippen LogP contribution >= 0.6 is 11.3 Å². The molecule has 2 aromatic rings. The van der Waals surface area contributed by atoms with Crippen molar-refractivity contribution in [1.29, 1.82) is 0 Å². The molecule has 5 heteroatoms. The molecule has 0 bridgehead atoms. The Balaban J connectivity index is 1.28. The molecular formula is C20H28N2O2S. The van der Waals surface area contributed by atoms with Crippen LogP contribution in [0.25, 0.3) is 0 Å². The van der Waals surface area contributed by atoms with Gasteiger partial charge in [0.15, 0.2) is 0 Å². The van der Waals surface area contributed by atoms with Gasteiger partial charge in [0.05, 0.1) is 25.0 Å². The van der Waals surface area contributed by atoms with E-state index in [-0.39, 0.29) is 5.60 Å². The number of likely N-dealkylation sites (N-methyl/N-ethyl adjacent to an activating group) is 1. The van der Waals surface area contributed by atoms with Gasteiger partial charge in [0, 0.05) is 35.4 Å². The van der Waals surface area contributed by atoms with Gasteiger partial charge in [0.25, 0.3) is 0 Å². The highest BCUT2D eigenvalue weighted by atomic mass is 32.1. The van der Waals surface area contributed by atoms with Crippen LogP contribution in [0.15, 0.2) is 34.9 Å². The summed E-state index contributed by atoms with van der Waals surface area (Å²) in [6.07, 6.45) is 5.21. The number of aryl methyl sites for hydroxylation is 1. The molecule has 25 heavy (non-hydrogen) atoms. The topological polar surface area (TPSA) is 28.9 Å². The Hall–Kier alpha value is -1.14. The lowest BCUT2D eigenvalue weighted by atomic mass is 9.87. The molecule has 0 aliphatic carbocycles. The van der Waals surface area contributed by atoms with Crippen LogP contribution in [0.2, 0.25) is 0 Å². The lowest BCUT2D eigenvalue weighted by molar-refractivity contribution is -0.0451. The molecule has 0 radical (unpaired) electrons. The predicted octanol–water partition coefficient (Wildman–Crippen LogP) is 3.91. The number of furan rings is 1. The van der Waals surface area contributed by atoms with E-state index in [1.807, 2.05) is 23.5 Å². The van der Waals surface area contributed by atoms with Crippen LogP contribution in [0.5, 0.6) is 0 Å². The van der Waals surface area contributed by atoms with Gasteiger partial charge in [-0.2, -0.15) is 0 Å². The maximum absolute atomic E-state index is 6.34. The first kappa shape index (κ1) is 17.3. The summed E-state index contributed by atoms with van der Waals surface area (Å²) in [5.41, 5.74) is 0.101. The van der Waals surface area contributed by atoms with Gasteiger partial charge in [-0.05, 0) is 57.5 Å². The highest BCUT2D eigenvalue weighted by Crippen LogP contribution is 2.38. The standard InChI is InChI=1S/C20H28N2O2S/c1-16-5-6-19(25-16)14-22-9-7-20(8-10-22)12-17(15-24-20)21(2)13-18-4-3-11-23-18/h3-6,11,17H,7-10,12-15H2,1-2H3/t17-/m1/s1. The van der Waals surface area contributed by atoms with Gasteiger partial charge in [0.2, 0.25) is 0 Å². The molecule has 2 aliphatic heterocycles. The summed E-state index contributed by atoms with van der Waals surface area (Å²) in [7, 11) is 2.18. The quantitative estimate of drug-likeness (QED) is 0.808. The van der Waals surface area contributed by atoms with E-state index in [0.29, 0.717) is 6.04 Å². The van der Waals surface area contributed by atoms with Crippen LogP contribution in [-0.2, 0) is 17.8 Å². The minimum Gasteiger partial charge on any atom is -0.468 e. The first-order valence-corrected chi connectivity index (χ1v) is 10.1. The van der Waals surface area contributed by atoms with Gasteiger partial charge in [-0.3, -0.25) is 9.80 Å². The van der Waals surface area contributed by atoms with Crippen molar-refractivity contribution in [3.63, 3.8) is 0 Å². The Labute approximate surface area is 154 Å². The van der Waals surface area contributed by atoms with E-state index in [1.54, 1.807) is 6.26 Å². The molecule has 2 aromatic heterocycles. The van der Waals surface area contributed by atoms with Crippen molar-refractivity contribution in [1.82, 2.24) is 9.80 Å². The molecule has 1 atom stereocenters. The fourth-order valence-electron chi connectivity index (χ4n) is 4.14. The zero-order valence-electron chi connectivity index (χ0n) is 15.2. The fourth-order valence-corrected chi connectivity index (χ4v) is 5.07. The van der Waals surface area contributed by atoms with E-state index in [1.165, 1.54) is 9.75 Å². The van der Waals surface area contributed by atoms with E-state index in [0.717, 1.165) is 57.8 Å². The van der Waals surface area contributed by atoms with Gasteiger partial charge < -0.3 is 9.15 Å². The second-order valence-electron chi connectivity index (χ2n) is 7.63. The van der Waals surface area contributed by atoms with E-state index < -0.39 is 0 Å². The Bertz CT molecular complexity index is 674. The maximum atomic E-state index is 6.34. The van der Waals surface area contributed by atoms with E-state index in [9.17, 15) is 0 Å². The smallest absolute Gasteiger partial charge is 0.117 e. The van der Waals surface area contributed by atoms with Crippen molar-refractivity contribution in [2.45, 2.75) is 50.9 Å². The third-order valence-electron chi connectivity index (χ3n) is 5.74. The minimum atomic E-state index is 0.101. The maximum Gasteiger partial charge on any atom is 0.117 e. The number of ether oxygens (including phenoxy) is 1. The molecule has 0 aromatic carbocycles. The molecule has 2 aliphatic rings. The van der Waals surface area contributed by atoms with Crippen molar-refractivity contribution in [3.8, 4) is 0 Å². The molecule has 4 heterocycles. The summed E-state index contributed by atoms with van der Waals surface area (Å²) in [4.78, 5) is 7.86. The van der Waals surface area contributed by atoms with Crippen molar-refractivity contribution >= 4 is 11.3 Å². The molecular weight excluding hydrogens is 332 g/mol. The molecule has 2 fully saturated rings. The van der Waals surface area contributed by atoms with Crippen molar-refractivity contribution in [3.05, 3.63) is 46.0 Å². The molecule has 0 N–H and O–H groups in total. The highest BCUT2D eigenvalue weighted by molar-refractivity contribution is 7.11. The lowest BCUT2D eigenvalue weighted by Crippen LogP contribution is -2.44. The van der Waals surface area contributed by atoms with Crippen molar-refractivity contribution < 1.29 is 9.15 Å². The number of piperidine rings is 1. The Morgan fingerprint density at radius 3 is 2.80 bits per heavy atom. The van der Waals surface area contributed by atoms with Crippen LogP contribution in [0, 0.1) is 6.92 Å². The molecule has 2 saturated heterocycles. The van der Waals surface area contributed by atoms with Gasteiger partial charge >= 0.3 is 0 Å². The minimum absolute atomic E-state index is 0.101. The largest absolute Gasteiger partial charge is 0.468 e. The molecule has 0 saturated carbocycles. The summed E-state index contributed by atoms with van der Waals surface area (Å²) in [5.74, 6) is 1.03. The van der Waals surface area contributed by atoms with Crippen LogP contribution in [0.1, 0.15) is 34.8 Å². The monoisotopic (exact) mass is 360 g/mol. The van der Waals surface area contributed by atoms with E-state index in [4.69, 9.17) is 9.15 Å². The van der Waals surface area contributed by atoms with Crippen molar-refractivity contribution in [2.24, 2.45) is 0 Å². The zero-order valence-corrected chi connectivity index (χ0v) is 16.1. The zero-order chi connectivity index (χ0) is 17.3. The van der Waals surface area contributed by atoms with E-state index in [2.05, 4.69) is 35.9 Å². The van der Waals surface area contributed by atoms with Crippen LogP contribution in [0.3, 0.4) is 0 Å². The molecule has 1 spiro atoms. The molecule has 136 valence electrons. The van der Waals surface area contributed by atoms with Crippen LogP contribution in [-0.4, -0.2) is 48.2 Å². The lowest BCUT2D eigenvalue weighted by Gasteiger charge is -2.38. The van der Waals surface area contributed by atoms with Gasteiger partial charge in [-0.1, -0.05) is 0 Å². The van der Waals surface area contributed by atoms with Gasteiger partial charge in [-0.15, -0.1) is 11.3 Å². The molecule has 0 amide bonds. The predicted molar refractivity (Wildman–Crippen MR) is 101 cm³/mol. The summed E-state index contributed by atoms with van der Waals surface area (Å²) >= 11 is 1.92. The first-order chi connectivity index (χ1) is 12.1. The first-order valence-electron chi connectivity index (χ1n) is 9.26. The third kappa shape index (κ3) is 4.00. The summed E-state index contributed by atoms with van der Waals surface area (Å²) in [5, 5.41) is 0. The molecule has 4 rings (SSSR count). The number of likely N-dealkylation sites (tertiary alicyclic amines) is 1. The Morgan fingerprint density at radius 1 is 1.28 bits per heavy atom. The highest BCUT2D eigenvalue weighted by Gasteiger charge is 2.43. The summed E-state index contributed by atoms with van der Waals surface area (Å²) in [6.45, 7) is 7.28. The Morgan fingerprint density at radius 2 is 2.12 bits per heavy atom. The van der Waals surface area contributed by atoms with Crippen LogP contribution < -0.4 is 0 Å². The number of thiophene rings is 1. The van der Waals surface area contributed by atoms with Gasteiger partial charge in [0.1, 0.15) is 5.76 Å². The second-order valence-corrected chi connectivity index (χ2v) is 9.01. The number of nitrogens with zero attached hydrogens (tertiary/aromatic N) is 2. The normalized spacial score (nSPS) is 23.7. The average Bonchev–Trinajstić information content (AvgIpc) is 3.33. The van der Waals surface area contributed by atoms with Crippen LogP contribution in [0.4, 0.5) is 0 Å². The number of hydrogen-bond acceptors (Lipinski definition) is 5. The van der Waals surface area contributed by atoms with Gasteiger partial charge in [-0.25, -0.2) is 0 Å². The number of hydrogen-bond donors (Lipinski definition) is 0. The number of rotatable bonds is 5. The average molecular weight is 361 g/mol. The molecule has 4 nitrogen and oxygen atoms in total. The fraction of sp³-hybridized carbons (Fsp3) is 0.600.